The van der Waals surface area contributed by atoms with Crippen molar-refractivity contribution >= 4 is 265 Å². The summed E-state index contributed by atoms with van der Waals surface area (Å²) >= 11 is 0. The lowest BCUT2D eigenvalue weighted by molar-refractivity contribution is 0.243. The Labute approximate surface area is 791 Å². The van der Waals surface area contributed by atoms with Gasteiger partial charge in [0.2, 0.25) is 0 Å². The van der Waals surface area contributed by atoms with Crippen LogP contribution in [0.1, 0.15) is 0 Å². The fourth-order valence-electron chi connectivity index (χ4n) is 19.0. The van der Waals surface area contributed by atoms with Gasteiger partial charge in [0.25, 0.3) is 0 Å². The summed E-state index contributed by atoms with van der Waals surface area (Å²) in [6.07, 6.45) is 0. The monoisotopic (exact) mass is 2290 g/mol. The maximum atomic E-state index is 7.03. The summed E-state index contributed by atoms with van der Waals surface area (Å²) in [5, 5.41) is 0. The van der Waals surface area contributed by atoms with Gasteiger partial charge >= 0.3 is 265 Å². The lowest BCUT2D eigenvalue weighted by Crippen LogP contribution is -2.63. The zero-order valence-corrected chi connectivity index (χ0v) is 121. The van der Waals surface area contributed by atoms with E-state index >= 15 is 0 Å². The van der Waals surface area contributed by atoms with E-state index in [-0.39, 0.29) is 0 Å². The molecular weight excluding hydrogens is 2110 g/mol. The van der Waals surface area contributed by atoms with Gasteiger partial charge in [-0.3, -0.25) is 0 Å². The summed E-state index contributed by atoms with van der Waals surface area (Å²) in [6.45, 7) is 127. The molecule has 1 rings (SSSR count). The van der Waals surface area contributed by atoms with Gasteiger partial charge in [-0.15, -0.1) is 0 Å². The van der Waals surface area contributed by atoms with Crippen molar-refractivity contribution in [2.75, 3.05) is 0 Å². The molecule has 744 valence electrons. The normalized spacial score (nSPS) is 31.5. The molecule has 0 N–H and O–H groups in total. The van der Waals surface area contributed by atoms with E-state index < -0.39 is 265 Å². The third-order valence-corrected chi connectivity index (χ3v) is 137. The molecule has 31 nitrogen and oxygen atoms in total. The molecule has 1 saturated heterocycles. The van der Waals surface area contributed by atoms with Crippen LogP contribution in [0, 0.1) is 0 Å². The van der Waals surface area contributed by atoms with Gasteiger partial charge in [0, 0.05) is 0 Å². The van der Waals surface area contributed by atoms with Crippen molar-refractivity contribution in [1.29, 1.82) is 0 Å². The minimum absolute atomic E-state index is 2.05. The quantitative estimate of drug-likeness (QED) is 0.204. The highest BCUT2D eigenvalue weighted by Gasteiger charge is 2.59. The highest BCUT2D eigenvalue weighted by molar-refractivity contribution is 6.99. The third kappa shape index (κ3) is 55.6. The van der Waals surface area contributed by atoms with Crippen molar-refractivity contribution < 1.29 is 128 Å². The summed E-state index contributed by atoms with van der Waals surface area (Å²) in [7, 11) is -91.2. The van der Waals surface area contributed by atoms with E-state index in [0.717, 1.165) is 0 Å². The number of hydrogen-bond acceptors (Lipinski definition) is 31. The molecule has 0 amide bonds. The van der Waals surface area contributed by atoms with Gasteiger partial charge in [-0.2, -0.15) is 0 Å². The molecule has 1 heterocycles. The molecule has 124 heavy (non-hydrogen) atoms. The first-order valence-corrected chi connectivity index (χ1v) is 131. The first-order valence-electron chi connectivity index (χ1n) is 43.7. The molecule has 62 heteroatoms. The lowest BCUT2D eigenvalue weighted by atomic mass is 11.9. The van der Waals surface area contributed by atoms with Crippen LogP contribution in [0.25, 0.3) is 0 Å². The maximum Gasteiger partial charge on any atom is 0.314 e. The average molecular weight is 2300 g/mol. The van der Waals surface area contributed by atoms with E-state index in [1.165, 1.54) is 0 Å². The van der Waals surface area contributed by atoms with Gasteiger partial charge in [0.05, 0.1) is 0 Å². The molecule has 0 aromatic carbocycles. The van der Waals surface area contributed by atoms with Crippen LogP contribution in [0.3, 0.4) is 0 Å². The summed E-state index contributed by atoms with van der Waals surface area (Å²) in [5.41, 5.74) is 0. The summed E-state index contributed by atoms with van der Waals surface area (Å²) in [4.78, 5) is 0. The van der Waals surface area contributed by atoms with E-state index in [1.54, 1.807) is 0 Å². The Morgan fingerprint density at radius 3 is 0.0806 bits per heavy atom. The second-order valence-electron chi connectivity index (χ2n) is 46.6. The molecule has 0 aromatic heterocycles. The SMILES string of the molecule is C[Si]1(C)O[Si](C)(C)O[Si](C)(C)O[Si](C)(C)O[Si](C)(C)O[Si](C)(C)O[Si](C)(C)O[Si](C)(C)O[Si](C)(C)O[Si](C)(C)O[Si](C)(C)O[Si](C)(C)O[Si](C)(C)O[Si](C)(C)O[Si](C)(C)O[Si](C)(C)O[Si](C)(C)O[Si](C)(C)O[Si](C)(C)O[Si](C)(C)O[Si](C)(C)O[Si](C)(C)O[Si](C)(C)O[Si](C)(C)O[Si](C)(C)O[Si](C)(C)O[Si](C)(C)O[Si](C)(C)O[Si](C)(C)O[Si](C)(C)O[Si](C)(C)O1. The topological polar surface area (TPSA) is 286 Å². The largest absolute Gasteiger partial charge is 0.416 e. The van der Waals surface area contributed by atoms with E-state index in [9.17, 15) is 0 Å². The average Bonchev–Trinajstić information content (AvgIpc) is 0.800. The fourth-order valence-corrected chi connectivity index (χ4v) is 183. The van der Waals surface area contributed by atoms with Gasteiger partial charge < -0.3 is 128 Å². The van der Waals surface area contributed by atoms with Crippen LogP contribution in [0.5, 0.6) is 0 Å². The second kappa shape index (κ2) is 42.2. The molecule has 1 fully saturated rings. The zero-order chi connectivity index (χ0) is 99.4. The highest BCUT2D eigenvalue weighted by Crippen LogP contribution is 2.39. The third-order valence-electron chi connectivity index (χ3n) is 15.2. The van der Waals surface area contributed by atoms with Crippen molar-refractivity contribution in [2.24, 2.45) is 0 Å². The molecular formula is C62H186O31Si31. The van der Waals surface area contributed by atoms with Gasteiger partial charge in [-0.05, 0) is 406 Å². The molecule has 0 aliphatic carbocycles. The van der Waals surface area contributed by atoms with Crippen LogP contribution >= 0.6 is 0 Å². The minimum Gasteiger partial charge on any atom is -0.416 e. The summed E-state index contributed by atoms with van der Waals surface area (Å²) < 4.78 is 218. The van der Waals surface area contributed by atoms with Crippen LogP contribution in [-0.4, -0.2) is 265 Å². The standard InChI is InChI=1S/C62H186O31Si31/c1-94(2)63-95(3,4)65-97(7,8)67-99(11,12)69-101(15,16)71-103(19,20)73-105(23,24)75-107(27,28)77-109(31,32)79-111(35,36)81-113(39,40)83-115(43,44)85-117(47,48)87-119(51,52)89-121(55,56)91-123(59,60)93-124(61,62)92-122(57,58)90-120(53,54)88-118(49,50)86-116(45,46)84-114(41,42)82-112(37,38)80-110(33,34)78-108(29,30)76-106(25,26)74-104(21,22)72-102(17,18)70-100(13,14)68-98(9,10)66-96(5,6)64-94/h1-62H3. The first-order chi connectivity index (χ1) is 52.9. The smallest absolute Gasteiger partial charge is 0.314 e. The van der Waals surface area contributed by atoms with Crippen molar-refractivity contribution in [3.8, 4) is 0 Å². The molecule has 0 aromatic rings. The van der Waals surface area contributed by atoms with Gasteiger partial charge in [-0.25, -0.2) is 0 Å². The molecule has 0 spiro atoms. The maximum absolute atomic E-state index is 7.03. The van der Waals surface area contributed by atoms with E-state index in [4.69, 9.17) is 128 Å². The lowest BCUT2D eigenvalue weighted by Gasteiger charge is -2.45. The summed E-state index contributed by atoms with van der Waals surface area (Å²) in [6, 6.07) is 0. The van der Waals surface area contributed by atoms with E-state index in [2.05, 4.69) is 406 Å². The Morgan fingerprint density at radius 2 is 0.0645 bits per heavy atom. The molecule has 0 unspecified atom stereocenters. The van der Waals surface area contributed by atoms with E-state index in [1.807, 2.05) is 0 Å². The first kappa shape index (κ1) is 127. The number of rotatable bonds is 0. The second-order valence-corrected chi connectivity index (χ2v) is 159. The predicted octanol–water partition coefficient (Wildman–Crippen LogP) is 22.3. The molecule has 0 bridgehead atoms. The van der Waals surface area contributed by atoms with Crippen molar-refractivity contribution in [3.05, 3.63) is 0 Å². The van der Waals surface area contributed by atoms with Crippen molar-refractivity contribution in [1.82, 2.24) is 0 Å². The summed E-state index contributed by atoms with van der Waals surface area (Å²) in [5.74, 6) is 0. The van der Waals surface area contributed by atoms with Crippen LogP contribution < -0.4 is 0 Å². The van der Waals surface area contributed by atoms with Gasteiger partial charge in [-0.1, -0.05) is 0 Å². The zero-order valence-electron chi connectivity index (χ0n) is 90.2. The highest BCUT2D eigenvalue weighted by atomic mass is 28.6. The number of hydrogen-bond donors (Lipinski definition) is 0. The molecule has 0 atom stereocenters. The van der Waals surface area contributed by atoms with Gasteiger partial charge in [0.15, 0.2) is 0 Å². The molecule has 1 aliphatic rings. The van der Waals surface area contributed by atoms with Crippen LogP contribution in [0.15, 0.2) is 0 Å². The minimum atomic E-state index is -2.94. The Balaban J connectivity index is 3.82. The van der Waals surface area contributed by atoms with E-state index in [0.29, 0.717) is 0 Å². The Hall–Kier alpha value is 5.48. The van der Waals surface area contributed by atoms with Crippen LogP contribution in [0.4, 0.5) is 0 Å². The van der Waals surface area contributed by atoms with Crippen molar-refractivity contribution in [2.45, 2.75) is 406 Å². The van der Waals surface area contributed by atoms with Crippen LogP contribution in [0.2, 0.25) is 406 Å². The Morgan fingerprint density at radius 1 is 0.0484 bits per heavy atom. The predicted molar refractivity (Wildman–Crippen MR) is 576 cm³/mol. The Kier molecular flexibility index (Phi) is 43.4. The van der Waals surface area contributed by atoms with Crippen molar-refractivity contribution in [3.63, 3.8) is 0 Å². The molecule has 0 saturated carbocycles. The molecule has 1 aliphatic heterocycles. The Bertz CT molecular complexity index is 2230. The fraction of sp³-hybridized carbons (Fsp3) is 1.00. The van der Waals surface area contributed by atoms with Gasteiger partial charge in [0.1, 0.15) is 0 Å². The van der Waals surface area contributed by atoms with Crippen LogP contribution in [-0.2, 0) is 128 Å². The molecule has 0 radical (unpaired) electrons.